The minimum Gasteiger partial charge on any atom is -0.332 e. The van der Waals surface area contributed by atoms with Crippen LogP contribution in [0.5, 0.6) is 0 Å². The molecule has 0 aliphatic carbocycles. The van der Waals surface area contributed by atoms with E-state index in [0.717, 1.165) is 18.5 Å². The standard InChI is InChI=1S/C23H31N3O2/c1-5-6-18-7-9-19(10-8-18)23(16(2)3)24-15-22(28)26-21-13-11-20(12-14-21)25-17(4)27/h7-14,16,23-24H,5-6,15H2,1-4H3,(H,25,27)(H,26,28)/p+1/t23-/m0/s1. The lowest BCUT2D eigenvalue weighted by Crippen LogP contribution is -2.88. The van der Waals surface area contributed by atoms with Crippen LogP contribution >= 0.6 is 0 Å². The van der Waals surface area contributed by atoms with Gasteiger partial charge in [-0.25, -0.2) is 0 Å². The van der Waals surface area contributed by atoms with Crippen LogP contribution in [0.4, 0.5) is 11.4 Å². The number of rotatable bonds is 9. The number of carbonyl (C=O) groups excluding carboxylic acids is 2. The van der Waals surface area contributed by atoms with Crippen molar-refractivity contribution >= 4 is 23.2 Å². The summed E-state index contributed by atoms with van der Waals surface area (Å²) in [6.45, 7) is 8.37. The molecule has 0 saturated carbocycles. The average molecular weight is 383 g/mol. The third kappa shape index (κ3) is 6.82. The molecule has 5 nitrogen and oxygen atoms in total. The monoisotopic (exact) mass is 382 g/mol. The van der Waals surface area contributed by atoms with Crippen LogP contribution in [0, 0.1) is 5.92 Å². The topological polar surface area (TPSA) is 74.8 Å². The molecule has 0 bridgehead atoms. The third-order valence-corrected chi connectivity index (χ3v) is 4.67. The Morgan fingerprint density at radius 3 is 2.00 bits per heavy atom. The maximum atomic E-state index is 12.4. The molecule has 0 aliphatic heterocycles. The lowest BCUT2D eigenvalue weighted by atomic mass is 9.94. The van der Waals surface area contributed by atoms with E-state index in [-0.39, 0.29) is 17.9 Å². The number of amides is 2. The van der Waals surface area contributed by atoms with E-state index in [2.05, 4.69) is 61.0 Å². The van der Waals surface area contributed by atoms with Crippen LogP contribution in [-0.4, -0.2) is 18.4 Å². The summed E-state index contributed by atoms with van der Waals surface area (Å²) >= 11 is 0. The van der Waals surface area contributed by atoms with Gasteiger partial charge in [-0.2, -0.15) is 0 Å². The maximum Gasteiger partial charge on any atom is 0.279 e. The van der Waals surface area contributed by atoms with Gasteiger partial charge < -0.3 is 16.0 Å². The van der Waals surface area contributed by atoms with Crippen molar-refractivity contribution in [2.75, 3.05) is 17.2 Å². The molecule has 0 heterocycles. The summed E-state index contributed by atoms with van der Waals surface area (Å²) in [5, 5.41) is 7.72. The fourth-order valence-corrected chi connectivity index (χ4v) is 3.27. The molecular weight excluding hydrogens is 350 g/mol. The molecule has 0 fully saturated rings. The summed E-state index contributed by atoms with van der Waals surface area (Å²) in [6.07, 6.45) is 2.24. The van der Waals surface area contributed by atoms with E-state index >= 15 is 0 Å². The van der Waals surface area contributed by atoms with Gasteiger partial charge in [0, 0.05) is 29.8 Å². The smallest absolute Gasteiger partial charge is 0.279 e. The predicted octanol–water partition coefficient (Wildman–Crippen LogP) is 3.50. The largest absolute Gasteiger partial charge is 0.332 e. The first kappa shape index (κ1) is 21.6. The predicted molar refractivity (Wildman–Crippen MR) is 114 cm³/mol. The van der Waals surface area contributed by atoms with Gasteiger partial charge in [0.2, 0.25) is 5.91 Å². The Kier molecular flexibility index (Phi) is 8.20. The first-order chi connectivity index (χ1) is 13.4. The molecule has 150 valence electrons. The number of anilines is 2. The Hall–Kier alpha value is -2.66. The Bertz CT molecular complexity index is 767. The van der Waals surface area contributed by atoms with E-state index < -0.39 is 0 Å². The summed E-state index contributed by atoms with van der Waals surface area (Å²) in [5.41, 5.74) is 4.04. The van der Waals surface area contributed by atoms with Crippen molar-refractivity contribution in [1.29, 1.82) is 0 Å². The molecule has 1 atom stereocenters. The molecule has 0 aromatic heterocycles. The molecule has 2 aromatic rings. The maximum absolute atomic E-state index is 12.4. The molecule has 0 saturated heterocycles. The van der Waals surface area contributed by atoms with Crippen molar-refractivity contribution in [2.24, 2.45) is 5.92 Å². The number of quaternary nitrogens is 1. The highest BCUT2D eigenvalue weighted by atomic mass is 16.2. The summed E-state index contributed by atoms with van der Waals surface area (Å²) in [7, 11) is 0. The number of hydrogen-bond acceptors (Lipinski definition) is 2. The van der Waals surface area contributed by atoms with Crippen molar-refractivity contribution in [1.82, 2.24) is 0 Å². The Morgan fingerprint density at radius 1 is 0.929 bits per heavy atom. The number of nitrogens with two attached hydrogens (primary N) is 1. The van der Waals surface area contributed by atoms with Crippen LogP contribution in [0.1, 0.15) is 51.3 Å². The van der Waals surface area contributed by atoms with Crippen molar-refractivity contribution in [3.8, 4) is 0 Å². The van der Waals surface area contributed by atoms with E-state index in [4.69, 9.17) is 0 Å². The fourth-order valence-electron chi connectivity index (χ4n) is 3.27. The number of benzene rings is 2. The molecule has 2 rings (SSSR count). The van der Waals surface area contributed by atoms with Gasteiger partial charge in [0.15, 0.2) is 6.54 Å². The Labute approximate surface area is 167 Å². The molecule has 5 heteroatoms. The molecule has 28 heavy (non-hydrogen) atoms. The van der Waals surface area contributed by atoms with Crippen LogP contribution in [-0.2, 0) is 16.0 Å². The van der Waals surface area contributed by atoms with Gasteiger partial charge in [-0.3, -0.25) is 9.59 Å². The highest BCUT2D eigenvalue weighted by molar-refractivity contribution is 5.92. The van der Waals surface area contributed by atoms with E-state index in [1.165, 1.54) is 18.1 Å². The quantitative estimate of drug-likeness (QED) is 0.621. The number of carbonyl (C=O) groups is 2. The second kappa shape index (κ2) is 10.6. The van der Waals surface area contributed by atoms with Gasteiger partial charge in [-0.05, 0) is 36.2 Å². The summed E-state index contributed by atoms with van der Waals surface area (Å²) in [6, 6.07) is 16.1. The van der Waals surface area contributed by atoms with Gasteiger partial charge in [-0.1, -0.05) is 51.5 Å². The molecule has 0 spiro atoms. The van der Waals surface area contributed by atoms with Gasteiger partial charge in [-0.15, -0.1) is 0 Å². The SMILES string of the molecule is CCCc1ccc([C@@H]([NH2+]CC(=O)Nc2ccc(NC(C)=O)cc2)C(C)C)cc1. The van der Waals surface area contributed by atoms with Crippen LogP contribution < -0.4 is 16.0 Å². The van der Waals surface area contributed by atoms with Gasteiger partial charge in [0.05, 0.1) is 0 Å². The summed E-state index contributed by atoms with van der Waals surface area (Å²) in [5.74, 6) is 0.260. The minimum atomic E-state index is -0.117. The summed E-state index contributed by atoms with van der Waals surface area (Å²) in [4.78, 5) is 23.4. The van der Waals surface area contributed by atoms with Gasteiger partial charge in [0.25, 0.3) is 5.91 Å². The second-order valence-corrected chi connectivity index (χ2v) is 7.51. The normalized spacial score (nSPS) is 11.9. The minimum absolute atomic E-state index is 0.0412. The fraction of sp³-hybridized carbons (Fsp3) is 0.391. The Morgan fingerprint density at radius 2 is 1.50 bits per heavy atom. The lowest BCUT2D eigenvalue weighted by molar-refractivity contribution is -0.692. The average Bonchev–Trinajstić information content (AvgIpc) is 2.64. The zero-order valence-corrected chi connectivity index (χ0v) is 17.3. The van der Waals surface area contributed by atoms with Crippen LogP contribution in [0.15, 0.2) is 48.5 Å². The number of nitrogens with one attached hydrogen (secondary N) is 2. The van der Waals surface area contributed by atoms with Crippen molar-refractivity contribution in [3.05, 3.63) is 59.7 Å². The molecule has 4 N–H and O–H groups in total. The molecule has 2 aromatic carbocycles. The van der Waals surface area contributed by atoms with E-state index in [1.54, 1.807) is 24.3 Å². The molecule has 0 unspecified atom stereocenters. The van der Waals surface area contributed by atoms with Gasteiger partial charge >= 0.3 is 0 Å². The van der Waals surface area contributed by atoms with E-state index in [1.807, 2.05) is 0 Å². The van der Waals surface area contributed by atoms with Crippen LogP contribution in [0.2, 0.25) is 0 Å². The number of aryl methyl sites for hydroxylation is 1. The highest BCUT2D eigenvalue weighted by Crippen LogP contribution is 2.19. The first-order valence-electron chi connectivity index (χ1n) is 9.98. The lowest BCUT2D eigenvalue weighted by Gasteiger charge is -2.20. The highest BCUT2D eigenvalue weighted by Gasteiger charge is 2.20. The molecule has 0 aliphatic rings. The zero-order valence-electron chi connectivity index (χ0n) is 17.3. The van der Waals surface area contributed by atoms with E-state index in [0.29, 0.717) is 18.2 Å². The molecular formula is C23H32N3O2+. The zero-order chi connectivity index (χ0) is 20.5. The van der Waals surface area contributed by atoms with Crippen molar-refractivity contribution < 1.29 is 14.9 Å². The first-order valence-corrected chi connectivity index (χ1v) is 9.98. The van der Waals surface area contributed by atoms with Crippen molar-refractivity contribution in [3.63, 3.8) is 0 Å². The van der Waals surface area contributed by atoms with E-state index in [9.17, 15) is 9.59 Å². The van der Waals surface area contributed by atoms with Crippen LogP contribution in [0.25, 0.3) is 0 Å². The van der Waals surface area contributed by atoms with Gasteiger partial charge in [0.1, 0.15) is 6.04 Å². The van der Waals surface area contributed by atoms with Crippen molar-refractivity contribution in [2.45, 2.75) is 46.6 Å². The molecule has 0 radical (unpaired) electrons. The summed E-state index contributed by atoms with van der Waals surface area (Å²) < 4.78 is 0. The number of hydrogen-bond donors (Lipinski definition) is 3. The second-order valence-electron chi connectivity index (χ2n) is 7.51. The Balaban J connectivity index is 1.92. The van der Waals surface area contributed by atoms with Crippen LogP contribution in [0.3, 0.4) is 0 Å². The third-order valence-electron chi connectivity index (χ3n) is 4.67. The molecule has 2 amide bonds.